The maximum absolute atomic E-state index is 12.3. The Hall–Kier alpha value is -2.54. The van der Waals surface area contributed by atoms with E-state index < -0.39 is 12.6 Å². The summed E-state index contributed by atoms with van der Waals surface area (Å²) in [6, 6.07) is 9.91. The molecule has 7 heteroatoms. The Morgan fingerprint density at radius 1 is 1.33 bits per heavy atom. The van der Waals surface area contributed by atoms with Gasteiger partial charge in [0.05, 0.1) is 5.69 Å². The Bertz CT molecular complexity index is 752. The van der Waals surface area contributed by atoms with E-state index >= 15 is 0 Å². The van der Waals surface area contributed by atoms with E-state index in [4.69, 9.17) is 5.11 Å². The highest BCUT2D eigenvalue weighted by atomic mass is 19.3. The summed E-state index contributed by atoms with van der Waals surface area (Å²) in [5, 5.41) is 9.04. The first-order valence-electron chi connectivity index (χ1n) is 7.49. The fourth-order valence-electron chi connectivity index (χ4n) is 2.80. The number of carboxylic acid groups (broad SMARTS) is 1. The van der Waals surface area contributed by atoms with Crippen LogP contribution < -0.4 is 4.74 Å². The zero-order chi connectivity index (χ0) is 17.1. The van der Waals surface area contributed by atoms with Gasteiger partial charge in [0.15, 0.2) is 0 Å². The normalized spacial score (nSPS) is 14.5. The highest BCUT2D eigenvalue weighted by Crippen LogP contribution is 2.22. The molecule has 1 aromatic heterocycles. The fourth-order valence-corrected chi connectivity index (χ4v) is 2.80. The lowest BCUT2D eigenvalue weighted by atomic mass is 10.0. The van der Waals surface area contributed by atoms with Crippen LogP contribution in [0.25, 0.3) is 0 Å². The number of ether oxygens (including phenoxy) is 1. The molecule has 2 aromatic rings. The number of carboxylic acids is 1. The highest BCUT2D eigenvalue weighted by molar-refractivity contribution is 5.85. The molecule has 0 bridgehead atoms. The van der Waals surface area contributed by atoms with Crippen LogP contribution >= 0.6 is 0 Å². The topological polar surface area (TPSA) is 62.7 Å². The Kier molecular flexibility index (Phi) is 4.71. The largest absolute Gasteiger partial charge is 0.477 e. The average Bonchev–Trinajstić information content (AvgIpc) is 2.54. The zero-order valence-electron chi connectivity index (χ0n) is 12.8. The van der Waals surface area contributed by atoms with Gasteiger partial charge in [0, 0.05) is 19.6 Å². The monoisotopic (exact) mass is 334 g/mol. The Morgan fingerprint density at radius 3 is 2.92 bits per heavy atom. The standard InChI is InChI=1S/C17H16F2N2O3/c18-17(19)24-13-3-1-2-11(8-13)9-21-7-6-12-4-5-14(16(22)23)20-15(12)10-21/h1-5,8,17H,6-7,9-10H2,(H,22,23). The first-order valence-corrected chi connectivity index (χ1v) is 7.49. The SMILES string of the molecule is O=C(O)c1ccc2c(n1)CN(Cc1cccc(OC(F)F)c1)CC2. The van der Waals surface area contributed by atoms with Crippen molar-refractivity contribution in [2.45, 2.75) is 26.1 Å². The Labute approximate surface area is 137 Å². The molecule has 1 aliphatic rings. The van der Waals surface area contributed by atoms with E-state index in [2.05, 4.69) is 14.6 Å². The third-order valence-corrected chi connectivity index (χ3v) is 3.89. The van der Waals surface area contributed by atoms with Crippen molar-refractivity contribution in [1.29, 1.82) is 0 Å². The first-order chi connectivity index (χ1) is 11.5. The summed E-state index contributed by atoms with van der Waals surface area (Å²) in [5.74, 6) is -0.919. The van der Waals surface area contributed by atoms with Crippen LogP contribution in [0.1, 0.15) is 27.3 Å². The number of hydrogen-bond acceptors (Lipinski definition) is 4. The van der Waals surface area contributed by atoms with E-state index in [1.165, 1.54) is 12.1 Å². The highest BCUT2D eigenvalue weighted by Gasteiger charge is 2.19. The third kappa shape index (κ3) is 3.86. The number of aromatic carboxylic acids is 1. The predicted molar refractivity (Wildman–Crippen MR) is 82.1 cm³/mol. The number of halogens is 2. The summed E-state index contributed by atoms with van der Waals surface area (Å²) in [6.45, 7) is -0.975. The van der Waals surface area contributed by atoms with Gasteiger partial charge in [-0.2, -0.15) is 8.78 Å². The lowest BCUT2D eigenvalue weighted by molar-refractivity contribution is -0.0499. The first kappa shape index (κ1) is 16.3. The minimum atomic E-state index is -2.85. The molecule has 3 rings (SSSR count). The van der Waals surface area contributed by atoms with Gasteiger partial charge in [-0.05, 0) is 35.7 Å². The number of benzene rings is 1. The van der Waals surface area contributed by atoms with Gasteiger partial charge in [-0.15, -0.1) is 0 Å². The third-order valence-electron chi connectivity index (χ3n) is 3.89. The van der Waals surface area contributed by atoms with Crippen molar-refractivity contribution in [2.24, 2.45) is 0 Å². The van der Waals surface area contributed by atoms with E-state index in [1.807, 2.05) is 6.07 Å². The summed E-state index contributed by atoms with van der Waals surface area (Å²) in [4.78, 5) is 17.3. The van der Waals surface area contributed by atoms with Crippen molar-refractivity contribution in [2.75, 3.05) is 6.54 Å². The van der Waals surface area contributed by atoms with Crippen molar-refractivity contribution in [3.05, 3.63) is 58.9 Å². The average molecular weight is 334 g/mol. The summed E-state index contributed by atoms with van der Waals surface area (Å²) in [6.07, 6.45) is 0.773. The molecule has 24 heavy (non-hydrogen) atoms. The molecule has 2 heterocycles. The summed E-state index contributed by atoms with van der Waals surface area (Å²) < 4.78 is 29.0. The molecule has 0 fully saturated rings. The number of alkyl halides is 2. The number of aromatic nitrogens is 1. The van der Waals surface area contributed by atoms with Crippen molar-refractivity contribution in [3.8, 4) is 5.75 Å². The smallest absolute Gasteiger partial charge is 0.387 e. The van der Waals surface area contributed by atoms with Crippen LogP contribution in [0.2, 0.25) is 0 Å². The van der Waals surface area contributed by atoms with Crippen LogP contribution in [0, 0.1) is 0 Å². The van der Waals surface area contributed by atoms with E-state index in [0.717, 1.165) is 29.8 Å². The van der Waals surface area contributed by atoms with Crippen LogP contribution in [-0.2, 0) is 19.5 Å². The summed E-state index contributed by atoms with van der Waals surface area (Å²) in [7, 11) is 0. The van der Waals surface area contributed by atoms with Gasteiger partial charge >= 0.3 is 12.6 Å². The van der Waals surface area contributed by atoms with E-state index in [0.29, 0.717) is 13.1 Å². The molecule has 126 valence electrons. The van der Waals surface area contributed by atoms with Crippen LogP contribution in [-0.4, -0.2) is 34.1 Å². The lowest BCUT2D eigenvalue weighted by Crippen LogP contribution is -2.31. The molecular weight excluding hydrogens is 318 g/mol. The molecule has 0 unspecified atom stereocenters. The van der Waals surface area contributed by atoms with Crippen molar-refractivity contribution in [3.63, 3.8) is 0 Å². The minimum Gasteiger partial charge on any atom is -0.477 e. The second-order valence-electron chi connectivity index (χ2n) is 5.59. The number of hydrogen-bond donors (Lipinski definition) is 1. The summed E-state index contributed by atoms with van der Waals surface area (Å²) >= 11 is 0. The quantitative estimate of drug-likeness (QED) is 0.911. The molecular formula is C17H16F2N2O3. The van der Waals surface area contributed by atoms with Gasteiger partial charge < -0.3 is 9.84 Å². The maximum Gasteiger partial charge on any atom is 0.387 e. The second kappa shape index (κ2) is 6.92. The predicted octanol–water partition coefficient (Wildman–Crippen LogP) is 2.94. The molecule has 0 spiro atoms. The van der Waals surface area contributed by atoms with E-state index in [9.17, 15) is 13.6 Å². The van der Waals surface area contributed by atoms with Crippen molar-refractivity contribution in [1.82, 2.24) is 9.88 Å². The molecule has 0 saturated carbocycles. The molecule has 1 aliphatic heterocycles. The molecule has 1 N–H and O–H groups in total. The van der Waals surface area contributed by atoms with Crippen LogP contribution in [0.15, 0.2) is 36.4 Å². The van der Waals surface area contributed by atoms with Gasteiger partial charge in [-0.3, -0.25) is 4.90 Å². The van der Waals surface area contributed by atoms with E-state index in [1.54, 1.807) is 18.2 Å². The number of nitrogens with zero attached hydrogens (tertiary/aromatic N) is 2. The summed E-state index contributed by atoms with van der Waals surface area (Å²) in [5.41, 5.74) is 2.68. The zero-order valence-corrected chi connectivity index (χ0v) is 12.8. The van der Waals surface area contributed by atoms with Gasteiger partial charge in [-0.25, -0.2) is 9.78 Å². The van der Waals surface area contributed by atoms with Gasteiger partial charge in [0.25, 0.3) is 0 Å². The Morgan fingerprint density at radius 2 is 2.17 bits per heavy atom. The minimum absolute atomic E-state index is 0.0305. The molecule has 5 nitrogen and oxygen atoms in total. The van der Waals surface area contributed by atoms with Crippen LogP contribution in [0.3, 0.4) is 0 Å². The number of fused-ring (bicyclic) bond motifs is 1. The molecule has 0 amide bonds. The van der Waals surface area contributed by atoms with Crippen molar-refractivity contribution < 1.29 is 23.4 Å². The fraction of sp³-hybridized carbons (Fsp3) is 0.294. The molecule has 0 radical (unpaired) electrons. The second-order valence-corrected chi connectivity index (χ2v) is 5.59. The number of pyridine rings is 1. The Balaban J connectivity index is 1.71. The maximum atomic E-state index is 12.3. The van der Waals surface area contributed by atoms with Gasteiger partial charge in [0.1, 0.15) is 11.4 Å². The molecule has 0 saturated heterocycles. The van der Waals surface area contributed by atoms with Crippen molar-refractivity contribution >= 4 is 5.97 Å². The van der Waals surface area contributed by atoms with Crippen LogP contribution in [0.5, 0.6) is 5.75 Å². The van der Waals surface area contributed by atoms with Gasteiger partial charge in [-0.1, -0.05) is 18.2 Å². The number of carbonyl (C=O) groups is 1. The number of rotatable bonds is 5. The van der Waals surface area contributed by atoms with Gasteiger partial charge in [0.2, 0.25) is 0 Å². The van der Waals surface area contributed by atoms with E-state index in [-0.39, 0.29) is 11.4 Å². The molecule has 0 atom stereocenters. The van der Waals surface area contributed by atoms with Crippen LogP contribution in [0.4, 0.5) is 8.78 Å². The lowest BCUT2D eigenvalue weighted by Gasteiger charge is -2.28. The molecule has 0 aliphatic carbocycles. The molecule has 1 aromatic carbocycles.